The monoisotopic (exact) mass is 459 g/mol. The van der Waals surface area contributed by atoms with Crippen LogP contribution in [0.4, 0.5) is 15.8 Å². The third-order valence-electron chi connectivity index (χ3n) is 5.98. The van der Waals surface area contributed by atoms with Crippen molar-refractivity contribution in [3.05, 3.63) is 94.8 Å². The number of carbonyl (C=O) groups excluding carboxylic acids is 2. The van der Waals surface area contributed by atoms with Gasteiger partial charge in [0.05, 0.1) is 0 Å². The lowest BCUT2D eigenvalue weighted by Gasteiger charge is -2.27. The predicted octanol–water partition coefficient (Wildman–Crippen LogP) is 5.39. The highest BCUT2D eigenvalue weighted by Crippen LogP contribution is 2.31. The van der Waals surface area contributed by atoms with Crippen molar-refractivity contribution in [3.63, 3.8) is 0 Å². The topological polar surface area (TPSA) is 52.7 Å². The molecule has 0 aromatic heterocycles. The molecule has 1 aliphatic carbocycles. The second kappa shape index (κ2) is 10.1. The van der Waals surface area contributed by atoms with Gasteiger partial charge in [0, 0.05) is 50.0 Å². The van der Waals surface area contributed by atoms with Crippen LogP contribution in [-0.4, -0.2) is 30.8 Å². The zero-order chi connectivity index (χ0) is 24.2. The van der Waals surface area contributed by atoms with Crippen LogP contribution in [0.2, 0.25) is 0 Å². The number of nitrogens with one attached hydrogen (secondary N) is 1. The molecule has 0 saturated heterocycles. The lowest BCUT2D eigenvalue weighted by molar-refractivity contribution is -0.117. The smallest absolute Gasteiger partial charge is 0.254 e. The summed E-state index contributed by atoms with van der Waals surface area (Å²) in [6.45, 7) is 2.63. The summed E-state index contributed by atoms with van der Waals surface area (Å²) in [4.78, 5) is 29.6. The third-order valence-corrected chi connectivity index (χ3v) is 5.98. The Hall–Kier alpha value is -3.67. The second-order valence-electron chi connectivity index (χ2n) is 9.16. The van der Waals surface area contributed by atoms with Gasteiger partial charge in [0.2, 0.25) is 5.91 Å². The highest BCUT2D eigenvalue weighted by molar-refractivity contribution is 5.95. The summed E-state index contributed by atoms with van der Waals surface area (Å²) >= 11 is 0. The molecular weight excluding hydrogens is 429 g/mol. The number of carbonyl (C=O) groups is 2. The zero-order valence-corrected chi connectivity index (χ0v) is 19.8. The van der Waals surface area contributed by atoms with Gasteiger partial charge in [0.25, 0.3) is 5.91 Å². The minimum absolute atomic E-state index is 0.0440. The van der Waals surface area contributed by atoms with Gasteiger partial charge in [-0.25, -0.2) is 4.39 Å². The first-order chi connectivity index (χ1) is 16.3. The Bertz CT molecular complexity index is 1190. The summed E-state index contributed by atoms with van der Waals surface area (Å²) in [6.07, 6.45) is 1.87. The molecule has 34 heavy (non-hydrogen) atoms. The maximum atomic E-state index is 13.6. The summed E-state index contributed by atoms with van der Waals surface area (Å²) in [6, 6.07) is 19.5. The number of nitrogens with zero attached hydrogens (tertiary/aromatic N) is 2. The van der Waals surface area contributed by atoms with Crippen molar-refractivity contribution in [1.29, 1.82) is 0 Å². The Balaban J connectivity index is 1.66. The molecule has 176 valence electrons. The van der Waals surface area contributed by atoms with E-state index < -0.39 is 0 Å². The van der Waals surface area contributed by atoms with Crippen LogP contribution in [0, 0.1) is 18.7 Å². The summed E-state index contributed by atoms with van der Waals surface area (Å²) in [7, 11) is 3.90. The molecule has 1 saturated carbocycles. The van der Waals surface area contributed by atoms with Gasteiger partial charge in [-0.3, -0.25) is 9.59 Å². The van der Waals surface area contributed by atoms with Crippen molar-refractivity contribution < 1.29 is 14.0 Å². The van der Waals surface area contributed by atoms with Gasteiger partial charge in [-0.05, 0) is 73.4 Å². The molecule has 3 aromatic rings. The fraction of sp³-hybridized carbons (Fsp3) is 0.286. The maximum absolute atomic E-state index is 13.6. The van der Waals surface area contributed by atoms with Crippen molar-refractivity contribution in [3.8, 4) is 0 Å². The van der Waals surface area contributed by atoms with Crippen LogP contribution >= 0.6 is 0 Å². The third kappa shape index (κ3) is 5.81. The number of aryl methyl sites for hydroxylation is 1. The Morgan fingerprint density at radius 2 is 1.71 bits per heavy atom. The molecule has 0 atom stereocenters. The number of benzene rings is 3. The molecule has 1 N–H and O–H groups in total. The van der Waals surface area contributed by atoms with Gasteiger partial charge in [0.15, 0.2) is 0 Å². The molecule has 2 amide bonds. The molecule has 3 aromatic carbocycles. The fourth-order valence-corrected chi connectivity index (χ4v) is 3.99. The number of rotatable bonds is 8. The molecule has 6 heteroatoms. The second-order valence-corrected chi connectivity index (χ2v) is 9.16. The molecule has 0 radical (unpaired) electrons. The first-order valence-corrected chi connectivity index (χ1v) is 11.5. The molecule has 0 aliphatic heterocycles. The van der Waals surface area contributed by atoms with Gasteiger partial charge < -0.3 is 15.1 Å². The number of hydrogen-bond acceptors (Lipinski definition) is 3. The summed E-state index contributed by atoms with van der Waals surface area (Å²) in [5, 5.41) is 3.01. The highest BCUT2D eigenvalue weighted by atomic mass is 19.1. The Morgan fingerprint density at radius 1 is 0.971 bits per heavy atom. The molecule has 4 rings (SSSR count). The van der Waals surface area contributed by atoms with E-state index in [0.29, 0.717) is 18.7 Å². The highest BCUT2D eigenvalue weighted by Gasteiger charge is 2.29. The van der Waals surface area contributed by atoms with Gasteiger partial charge in [-0.1, -0.05) is 29.8 Å². The summed E-state index contributed by atoms with van der Waals surface area (Å²) < 4.78 is 13.5. The Labute approximate surface area is 200 Å². The number of halogens is 1. The summed E-state index contributed by atoms with van der Waals surface area (Å²) in [5.41, 5.74) is 5.06. The normalized spacial score (nSPS) is 12.8. The molecule has 0 bridgehead atoms. The molecule has 1 aliphatic rings. The van der Waals surface area contributed by atoms with E-state index in [1.165, 1.54) is 12.1 Å². The van der Waals surface area contributed by atoms with Gasteiger partial charge in [0.1, 0.15) is 5.82 Å². The Morgan fingerprint density at radius 3 is 2.35 bits per heavy atom. The molecule has 0 unspecified atom stereocenters. The van der Waals surface area contributed by atoms with Crippen LogP contribution in [0.25, 0.3) is 0 Å². The van der Waals surface area contributed by atoms with Crippen LogP contribution in [0.5, 0.6) is 0 Å². The SMILES string of the molecule is Cc1cccc(C(=O)N(Cc2ccc(F)cc2)Cc2cc(NC(=O)C3CC3)ccc2N(C)C)c1. The lowest BCUT2D eigenvalue weighted by Crippen LogP contribution is -2.31. The van der Waals surface area contributed by atoms with E-state index in [4.69, 9.17) is 0 Å². The van der Waals surface area contributed by atoms with Gasteiger partial charge >= 0.3 is 0 Å². The van der Waals surface area contributed by atoms with Gasteiger partial charge in [-0.15, -0.1) is 0 Å². The van der Waals surface area contributed by atoms with Crippen molar-refractivity contribution in [2.24, 2.45) is 5.92 Å². The van der Waals surface area contributed by atoms with Crippen LogP contribution in [0.1, 0.15) is 39.9 Å². The maximum Gasteiger partial charge on any atom is 0.254 e. The molecule has 1 fully saturated rings. The molecule has 0 heterocycles. The van der Waals surface area contributed by atoms with Crippen LogP contribution in [0.15, 0.2) is 66.7 Å². The van der Waals surface area contributed by atoms with E-state index >= 15 is 0 Å². The van der Waals surface area contributed by atoms with Crippen molar-refractivity contribution in [2.45, 2.75) is 32.9 Å². The quantitative estimate of drug-likeness (QED) is 0.491. The number of hydrogen-bond donors (Lipinski definition) is 1. The average molecular weight is 460 g/mol. The van der Waals surface area contributed by atoms with E-state index in [1.54, 1.807) is 17.0 Å². The molecule has 5 nitrogen and oxygen atoms in total. The van der Waals surface area contributed by atoms with Crippen LogP contribution in [0.3, 0.4) is 0 Å². The van der Waals surface area contributed by atoms with Crippen LogP contribution in [-0.2, 0) is 17.9 Å². The van der Waals surface area contributed by atoms with E-state index in [0.717, 1.165) is 40.9 Å². The molecule has 0 spiro atoms. The van der Waals surface area contributed by atoms with Crippen molar-refractivity contribution in [1.82, 2.24) is 4.90 Å². The van der Waals surface area contributed by atoms with Gasteiger partial charge in [-0.2, -0.15) is 0 Å². The lowest BCUT2D eigenvalue weighted by atomic mass is 10.1. The van der Waals surface area contributed by atoms with Crippen molar-refractivity contribution >= 4 is 23.2 Å². The predicted molar refractivity (Wildman–Crippen MR) is 133 cm³/mol. The summed E-state index contributed by atoms with van der Waals surface area (Å²) in [5.74, 6) is -0.267. The number of anilines is 2. The number of amides is 2. The molecular formula is C28H30FN3O2. The largest absolute Gasteiger partial charge is 0.377 e. The average Bonchev–Trinajstić information content (AvgIpc) is 3.65. The first-order valence-electron chi connectivity index (χ1n) is 11.5. The zero-order valence-electron chi connectivity index (χ0n) is 19.8. The van der Waals surface area contributed by atoms with E-state index in [-0.39, 0.29) is 23.5 Å². The Kier molecular flexibility index (Phi) is 6.96. The minimum Gasteiger partial charge on any atom is -0.377 e. The minimum atomic E-state index is -0.311. The fourth-order valence-electron chi connectivity index (χ4n) is 3.99. The first kappa shape index (κ1) is 23.5. The van der Waals surface area contributed by atoms with E-state index in [2.05, 4.69) is 5.32 Å². The van der Waals surface area contributed by atoms with Crippen LogP contribution < -0.4 is 10.2 Å². The standard InChI is InChI=1S/C28H30FN3O2/c1-19-5-4-6-22(15-19)28(34)32(17-20-7-11-24(29)12-8-20)18-23-16-25(13-14-26(23)31(2)3)30-27(33)21-9-10-21/h4-8,11-16,21H,9-10,17-18H2,1-3H3,(H,30,33). The van der Waals surface area contributed by atoms with E-state index in [1.807, 2.05) is 68.4 Å². The van der Waals surface area contributed by atoms with Crippen molar-refractivity contribution in [2.75, 3.05) is 24.3 Å². The van der Waals surface area contributed by atoms with E-state index in [9.17, 15) is 14.0 Å².